The van der Waals surface area contributed by atoms with Gasteiger partial charge < -0.3 is 13.3 Å². The predicted octanol–water partition coefficient (Wildman–Crippen LogP) is 9.91. The Balaban J connectivity index is 2.16. The van der Waals surface area contributed by atoms with E-state index in [-0.39, 0.29) is 34.3 Å². The lowest BCUT2D eigenvalue weighted by Crippen LogP contribution is -2.51. The third kappa shape index (κ3) is 6.19. The molecule has 7 heteroatoms. The first-order chi connectivity index (χ1) is 16.9. The SMILES string of the molecule is C=C1C(C)=C[C@H]2[C@@H](C(Br)=C[C@@H]3[C@@H](O[Si](C)(C)C(C)(C)C)[C@H](C)[C@@H](O[Si](C)(C)C(C)(C)C)[C@@H]32)[C@@H]1O[Si](C)(C)C. The Morgan fingerprint density at radius 2 is 1.24 bits per heavy atom. The van der Waals surface area contributed by atoms with E-state index in [4.69, 9.17) is 13.3 Å². The zero-order valence-electron chi connectivity index (χ0n) is 27.1. The van der Waals surface area contributed by atoms with E-state index in [0.29, 0.717) is 23.7 Å². The molecule has 0 bridgehead atoms. The highest BCUT2D eigenvalue weighted by Crippen LogP contribution is 2.58. The maximum Gasteiger partial charge on any atom is 0.192 e. The normalized spacial score (nSPS) is 35.0. The molecule has 3 nitrogen and oxygen atoms in total. The maximum atomic E-state index is 7.40. The summed E-state index contributed by atoms with van der Waals surface area (Å²) in [6, 6.07) is 0. The van der Waals surface area contributed by atoms with Crippen molar-refractivity contribution in [1.29, 1.82) is 0 Å². The number of hydrogen-bond acceptors (Lipinski definition) is 3. The molecule has 0 aromatic rings. The van der Waals surface area contributed by atoms with Crippen LogP contribution in [-0.4, -0.2) is 43.3 Å². The first kappa shape index (κ1) is 32.7. The van der Waals surface area contributed by atoms with Gasteiger partial charge in [0.2, 0.25) is 0 Å². The van der Waals surface area contributed by atoms with Crippen molar-refractivity contribution in [2.45, 2.75) is 130 Å². The summed E-state index contributed by atoms with van der Waals surface area (Å²) >= 11 is 4.09. The number of allylic oxidation sites excluding steroid dienone is 1. The average Bonchev–Trinajstić information content (AvgIpc) is 2.93. The third-order valence-electron chi connectivity index (χ3n) is 10.3. The minimum atomic E-state index is -2.01. The van der Waals surface area contributed by atoms with Crippen LogP contribution in [0, 0.1) is 29.6 Å². The maximum absolute atomic E-state index is 7.40. The van der Waals surface area contributed by atoms with Crippen molar-refractivity contribution in [2.75, 3.05) is 0 Å². The molecule has 1 saturated carbocycles. The van der Waals surface area contributed by atoms with Gasteiger partial charge in [-0.15, -0.1) is 0 Å². The smallest absolute Gasteiger partial charge is 0.192 e. The molecule has 3 aliphatic rings. The lowest BCUT2D eigenvalue weighted by Gasteiger charge is -2.49. The second-order valence-corrected chi connectivity index (χ2v) is 31.3. The Bertz CT molecular complexity index is 980. The highest BCUT2D eigenvalue weighted by molar-refractivity contribution is 9.11. The molecule has 0 aromatic heterocycles. The fourth-order valence-corrected chi connectivity index (χ4v) is 10.8. The van der Waals surface area contributed by atoms with Gasteiger partial charge in [-0.05, 0) is 90.3 Å². The highest BCUT2D eigenvalue weighted by atomic mass is 79.9. The molecular weight excluding hydrogens is 585 g/mol. The van der Waals surface area contributed by atoms with Crippen LogP contribution in [0.25, 0.3) is 0 Å². The van der Waals surface area contributed by atoms with Crippen molar-refractivity contribution in [1.82, 2.24) is 0 Å². The van der Waals surface area contributed by atoms with Crippen molar-refractivity contribution >= 4 is 40.9 Å². The van der Waals surface area contributed by atoms with Crippen LogP contribution in [0.4, 0.5) is 0 Å². The minimum absolute atomic E-state index is 0.00688. The van der Waals surface area contributed by atoms with Gasteiger partial charge in [0, 0.05) is 17.8 Å². The number of rotatable bonds is 6. The Morgan fingerprint density at radius 1 is 0.763 bits per heavy atom. The average molecular weight is 642 g/mol. The summed E-state index contributed by atoms with van der Waals surface area (Å²) in [6.07, 6.45) is 5.32. The van der Waals surface area contributed by atoms with E-state index in [9.17, 15) is 0 Å². The van der Waals surface area contributed by atoms with Crippen molar-refractivity contribution < 1.29 is 13.3 Å². The molecule has 0 N–H and O–H groups in total. The summed E-state index contributed by atoms with van der Waals surface area (Å²) in [5, 5.41) is 0.315. The molecule has 1 fully saturated rings. The largest absolute Gasteiger partial charge is 0.413 e. The van der Waals surface area contributed by atoms with Crippen LogP contribution in [-0.2, 0) is 13.3 Å². The van der Waals surface area contributed by atoms with Gasteiger partial charge in [-0.25, -0.2) is 0 Å². The molecule has 8 atom stereocenters. The number of hydrogen-bond donors (Lipinski definition) is 0. The number of fused-ring (bicyclic) bond motifs is 3. The van der Waals surface area contributed by atoms with Crippen LogP contribution >= 0.6 is 15.9 Å². The van der Waals surface area contributed by atoms with E-state index in [1.807, 2.05) is 0 Å². The Hall–Kier alpha value is 0.231. The van der Waals surface area contributed by atoms with E-state index in [1.165, 1.54) is 10.1 Å². The summed E-state index contributed by atoms with van der Waals surface area (Å²) in [5.41, 5.74) is 2.42. The monoisotopic (exact) mass is 640 g/mol. The van der Waals surface area contributed by atoms with Gasteiger partial charge in [0.1, 0.15) is 0 Å². The molecule has 0 radical (unpaired) electrons. The molecule has 0 aliphatic heterocycles. The minimum Gasteiger partial charge on any atom is -0.413 e. The molecule has 0 aromatic carbocycles. The van der Waals surface area contributed by atoms with E-state index in [1.54, 1.807) is 0 Å². The molecule has 0 heterocycles. The standard InChI is InChI=1S/C31H57BrO3Si3/c1-19-17-22-25-23(18-24(32)26(22)28(20(19)2)33-36(10,11)12)27(34-37(13,14)30(4,5)6)21(3)29(25)35-38(15,16)31(7,8)9/h17-18,21-23,25-29H,2H2,1,3-16H3/t21-,22+,23-,25+,26-,27-,28+,29+/m0/s1. The molecule has 38 heavy (non-hydrogen) atoms. The van der Waals surface area contributed by atoms with Gasteiger partial charge in [-0.2, -0.15) is 0 Å². The molecule has 0 unspecified atom stereocenters. The van der Waals surface area contributed by atoms with Gasteiger partial charge in [0.25, 0.3) is 0 Å². The van der Waals surface area contributed by atoms with Crippen LogP contribution in [0.15, 0.2) is 34.4 Å². The summed E-state index contributed by atoms with van der Waals surface area (Å²) in [6.45, 7) is 39.7. The Morgan fingerprint density at radius 3 is 1.68 bits per heavy atom. The van der Waals surface area contributed by atoms with Crippen LogP contribution in [0.5, 0.6) is 0 Å². The predicted molar refractivity (Wildman–Crippen MR) is 175 cm³/mol. The van der Waals surface area contributed by atoms with Crippen molar-refractivity contribution in [3.05, 3.63) is 34.4 Å². The number of halogens is 1. The second kappa shape index (κ2) is 10.5. The van der Waals surface area contributed by atoms with Crippen molar-refractivity contribution in [3.8, 4) is 0 Å². The molecule has 3 rings (SSSR count). The zero-order valence-corrected chi connectivity index (χ0v) is 31.7. The van der Waals surface area contributed by atoms with Crippen LogP contribution in [0.3, 0.4) is 0 Å². The third-order valence-corrected chi connectivity index (χ3v) is 21.0. The van der Waals surface area contributed by atoms with Gasteiger partial charge in [0.15, 0.2) is 25.0 Å². The zero-order chi connectivity index (χ0) is 29.4. The lowest BCUT2D eigenvalue weighted by atomic mass is 9.64. The van der Waals surface area contributed by atoms with Crippen molar-refractivity contribution in [3.63, 3.8) is 0 Å². The lowest BCUT2D eigenvalue weighted by molar-refractivity contribution is 0.0421. The molecule has 3 aliphatic carbocycles. The van der Waals surface area contributed by atoms with E-state index < -0.39 is 25.0 Å². The van der Waals surface area contributed by atoms with Gasteiger partial charge in [-0.3, -0.25) is 0 Å². The highest BCUT2D eigenvalue weighted by Gasteiger charge is 2.60. The van der Waals surface area contributed by atoms with Crippen molar-refractivity contribution in [2.24, 2.45) is 29.6 Å². The molecule has 0 spiro atoms. The van der Waals surface area contributed by atoms with Gasteiger partial charge in [-0.1, -0.05) is 83.1 Å². The fraction of sp³-hybridized carbons (Fsp3) is 0.806. The van der Waals surface area contributed by atoms with E-state index in [2.05, 4.69) is 136 Å². The first-order valence-electron chi connectivity index (χ1n) is 14.7. The van der Waals surface area contributed by atoms with Crippen LogP contribution < -0.4 is 0 Å². The topological polar surface area (TPSA) is 27.7 Å². The quantitative estimate of drug-likeness (QED) is 0.270. The van der Waals surface area contributed by atoms with E-state index >= 15 is 0 Å². The second-order valence-electron chi connectivity index (χ2n) is 16.4. The summed E-state index contributed by atoms with van der Waals surface area (Å²) < 4.78 is 22.9. The molecular formula is C31H57BrO3Si3. The summed E-state index contributed by atoms with van der Waals surface area (Å²) in [7, 11) is -5.79. The Labute approximate surface area is 246 Å². The van der Waals surface area contributed by atoms with Crippen LogP contribution in [0.1, 0.15) is 55.4 Å². The first-order valence-corrected chi connectivity index (χ1v) is 24.7. The Kier molecular flexibility index (Phi) is 9.05. The van der Waals surface area contributed by atoms with Gasteiger partial charge in [0.05, 0.1) is 18.3 Å². The molecule has 0 saturated heterocycles. The molecule has 218 valence electrons. The summed E-state index contributed by atoms with van der Waals surface area (Å²) in [4.78, 5) is 0. The van der Waals surface area contributed by atoms with Crippen LogP contribution in [0.2, 0.25) is 55.9 Å². The van der Waals surface area contributed by atoms with E-state index in [0.717, 1.165) is 5.57 Å². The fourth-order valence-electron chi connectivity index (χ4n) is 6.05. The van der Waals surface area contributed by atoms with Gasteiger partial charge >= 0.3 is 0 Å². The summed E-state index contributed by atoms with van der Waals surface area (Å²) in [5.74, 6) is 1.56. The molecule has 0 amide bonds.